The quantitative estimate of drug-likeness (QED) is 0.655. The van der Waals surface area contributed by atoms with Gasteiger partial charge in [0.1, 0.15) is 5.75 Å². The smallest absolute Gasteiger partial charge is 0.257 e. The van der Waals surface area contributed by atoms with Crippen molar-refractivity contribution in [3.05, 3.63) is 54.1 Å². The number of aromatic nitrogens is 2. The normalized spacial score (nSPS) is 14.8. The number of para-hydroxylation sites is 2. The highest BCUT2D eigenvalue weighted by Gasteiger charge is 2.16. The van der Waals surface area contributed by atoms with Crippen molar-refractivity contribution in [2.45, 2.75) is 32.7 Å². The number of imidazole rings is 1. The SMILES string of the molecule is CCOc1ccc(C(=O)Nc2nc3ccccc3n2CCN2CCCCC2)cc1. The number of nitrogens with zero attached hydrogens (tertiary/aromatic N) is 3. The zero-order valence-corrected chi connectivity index (χ0v) is 16.9. The number of ether oxygens (including phenoxy) is 1. The summed E-state index contributed by atoms with van der Waals surface area (Å²) in [5.74, 6) is 1.20. The Kier molecular flexibility index (Phi) is 6.10. The highest BCUT2D eigenvalue weighted by Crippen LogP contribution is 2.21. The topological polar surface area (TPSA) is 59.4 Å². The van der Waals surface area contributed by atoms with Crippen LogP contribution in [0.15, 0.2) is 48.5 Å². The van der Waals surface area contributed by atoms with Gasteiger partial charge in [-0.05, 0) is 69.3 Å². The predicted octanol–water partition coefficient (Wildman–Crippen LogP) is 4.17. The van der Waals surface area contributed by atoms with Gasteiger partial charge in [-0.25, -0.2) is 4.98 Å². The van der Waals surface area contributed by atoms with Gasteiger partial charge in [0.25, 0.3) is 5.91 Å². The second kappa shape index (κ2) is 9.09. The van der Waals surface area contributed by atoms with E-state index in [0.29, 0.717) is 18.1 Å². The summed E-state index contributed by atoms with van der Waals surface area (Å²) < 4.78 is 7.58. The van der Waals surface area contributed by atoms with Crippen LogP contribution in [0.5, 0.6) is 5.75 Å². The first-order valence-corrected chi connectivity index (χ1v) is 10.5. The van der Waals surface area contributed by atoms with Crippen molar-refractivity contribution < 1.29 is 9.53 Å². The van der Waals surface area contributed by atoms with Crippen molar-refractivity contribution in [3.63, 3.8) is 0 Å². The number of anilines is 1. The Morgan fingerprint density at radius 2 is 1.79 bits per heavy atom. The summed E-state index contributed by atoms with van der Waals surface area (Å²) in [6.07, 6.45) is 3.87. The van der Waals surface area contributed by atoms with Gasteiger partial charge in [0.15, 0.2) is 0 Å². The van der Waals surface area contributed by atoms with Gasteiger partial charge in [-0.3, -0.25) is 10.1 Å². The molecule has 1 saturated heterocycles. The maximum absolute atomic E-state index is 12.8. The molecule has 29 heavy (non-hydrogen) atoms. The highest BCUT2D eigenvalue weighted by molar-refractivity contribution is 6.04. The lowest BCUT2D eigenvalue weighted by atomic mass is 10.1. The van der Waals surface area contributed by atoms with E-state index in [4.69, 9.17) is 4.74 Å². The van der Waals surface area contributed by atoms with Crippen LogP contribution in [0.4, 0.5) is 5.95 Å². The summed E-state index contributed by atoms with van der Waals surface area (Å²) >= 11 is 0. The minimum Gasteiger partial charge on any atom is -0.494 e. The summed E-state index contributed by atoms with van der Waals surface area (Å²) in [5, 5.41) is 3.01. The Morgan fingerprint density at radius 1 is 1.03 bits per heavy atom. The van der Waals surface area contributed by atoms with Gasteiger partial charge >= 0.3 is 0 Å². The van der Waals surface area contributed by atoms with Gasteiger partial charge < -0.3 is 14.2 Å². The van der Waals surface area contributed by atoms with Crippen LogP contribution in [0, 0.1) is 0 Å². The molecule has 1 aliphatic heterocycles. The average Bonchev–Trinajstić information content (AvgIpc) is 3.10. The number of hydrogen-bond acceptors (Lipinski definition) is 4. The van der Waals surface area contributed by atoms with Crippen molar-refractivity contribution in [2.24, 2.45) is 0 Å². The van der Waals surface area contributed by atoms with Crippen LogP contribution in [0.1, 0.15) is 36.5 Å². The Morgan fingerprint density at radius 3 is 2.55 bits per heavy atom. The molecule has 0 spiro atoms. The monoisotopic (exact) mass is 392 g/mol. The summed E-state index contributed by atoms with van der Waals surface area (Å²) in [7, 11) is 0. The number of benzene rings is 2. The van der Waals surface area contributed by atoms with Gasteiger partial charge in [0.2, 0.25) is 5.95 Å². The fraction of sp³-hybridized carbons (Fsp3) is 0.391. The fourth-order valence-corrected chi connectivity index (χ4v) is 3.86. The number of hydrogen-bond donors (Lipinski definition) is 1. The van der Waals surface area contributed by atoms with Crippen LogP contribution in [0.2, 0.25) is 0 Å². The van der Waals surface area contributed by atoms with Gasteiger partial charge in [0, 0.05) is 18.7 Å². The molecule has 4 rings (SSSR count). The van der Waals surface area contributed by atoms with Crippen LogP contribution in [0.3, 0.4) is 0 Å². The molecule has 2 aromatic carbocycles. The molecule has 6 heteroatoms. The Hall–Kier alpha value is -2.86. The van der Waals surface area contributed by atoms with E-state index in [1.807, 2.05) is 37.3 Å². The van der Waals surface area contributed by atoms with E-state index in [1.54, 1.807) is 12.1 Å². The second-order valence-electron chi connectivity index (χ2n) is 7.39. The first kappa shape index (κ1) is 19.5. The van der Waals surface area contributed by atoms with Crippen LogP contribution < -0.4 is 10.1 Å². The lowest BCUT2D eigenvalue weighted by Gasteiger charge is -2.26. The number of nitrogens with one attached hydrogen (secondary N) is 1. The zero-order valence-electron chi connectivity index (χ0n) is 16.9. The summed E-state index contributed by atoms with van der Waals surface area (Å²) in [4.78, 5) is 20.0. The lowest BCUT2D eigenvalue weighted by molar-refractivity contribution is 0.102. The number of fused-ring (bicyclic) bond motifs is 1. The first-order valence-electron chi connectivity index (χ1n) is 10.5. The summed E-state index contributed by atoms with van der Waals surface area (Å²) in [5.41, 5.74) is 2.53. The Labute approximate surface area is 171 Å². The minimum atomic E-state index is -0.164. The van der Waals surface area contributed by atoms with Crippen molar-refractivity contribution in [1.29, 1.82) is 0 Å². The van der Waals surface area contributed by atoms with Crippen molar-refractivity contribution >= 4 is 22.9 Å². The van der Waals surface area contributed by atoms with E-state index in [2.05, 4.69) is 25.8 Å². The van der Waals surface area contributed by atoms with E-state index in [0.717, 1.165) is 43.0 Å². The van der Waals surface area contributed by atoms with Crippen LogP contribution >= 0.6 is 0 Å². The molecule has 1 aromatic heterocycles. The molecule has 2 heterocycles. The molecular formula is C23H28N4O2. The molecule has 0 saturated carbocycles. The molecule has 1 amide bonds. The fourth-order valence-electron chi connectivity index (χ4n) is 3.86. The number of piperidine rings is 1. The largest absolute Gasteiger partial charge is 0.494 e. The summed E-state index contributed by atoms with van der Waals surface area (Å²) in [6, 6.07) is 15.2. The van der Waals surface area contributed by atoms with Crippen molar-refractivity contribution in [1.82, 2.24) is 14.5 Å². The second-order valence-corrected chi connectivity index (χ2v) is 7.39. The molecule has 1 N–H and O–H groups in total. The Bertz CT molecular complexity index is 959. The number of carbonyl (C=O) groups excluding carboxylic acids is 1. The number of amides is 1. The van der Waals surface area contributed by atoms with E-state index < -0.39 is 0 Å². The van der Waals surface area contributed by atoms with Gasteiger partial charge in [-0.1, -0.05) is 18.6 Å². The molecule has 6 nitrogen and oxygen atoms in total. The third-order valence-electron chi connectivity index (χ3n) is 5.40. The van der Waals surface area contributed by atoms with Gasteiger partial charge in [0.05, 0.1) is 17.6 Å². The number of carbonyl (C=O) groups is 1. The molecule has 152 valence electrons. The van der Waals surface area contributed by atoms with Crippen molar-refractivity contribution in [3.8, 4) is 5.75 Å². The standard InChI is InChI=1S/C23H28N4O2/c1-2-29-19-12-10-18(11-13-19)22(28)25-23-24-20-8-4-5-9-21(20)27(23)17-16-26-14-6-3-7-15-26/h4-5,8-13H,2-3,6-7,14-17H2,1H3,(H,24,25,28). The molecule has 0 radical (unpaired) electrons. The average molecular weight is 393 g/mol. The maximum atomic E-state index is 12.8. The molecule has 1 aliphatic rings. The van der Waals surface area contributed by atoms with Gasteiger partial charge in [-0.2, -0.15) is 0 Å². The lowest BCUT2D eigenvalue weighted by Crippen LogP contribution is -2.32. The first-order chi connectivity index (χ1) is 14.2. The van der Waals surface area contributed by atoms with Crippen molar-refractivity contribution in [2.75, 3.05) is 31.6 Å². The van der Waals surface area contributed by atoms with Gasteiger partial charge in [-0.15, -0.1) is 0 Å². The third-order valence-corrected chi connectivity index (χ3v) is 5.40. The molecule has 0 aliphatic carbocycles. The predicted molar refractivity (Wildman–Crippen MR) is 116 cm³/mol. The number of likely N-dealkylation sites (tertiary alicyclic amines) is 1. The zero-order chi connectivity index (χ0) is 20.1. The van der Waals surface area contributed by atoms with Crippen LogP contribution in [0.25, 0.3) is 11.0 Å². The van der Waals surface area contributed by atoms with Crippen LogP contribution in [-0.4, -0.2) is 46.6 Å². The van der Waals surface area contributed by atoms with E-state index in [-0.39, 0.29) is 5.91 Å². The van der Waals surface area contributed by atoms with E-state index in [9.17, 15) is 4.79 Å². The molecule has 1 fully saturated rings. The molecule has 3 aromatic rings. The maximum Gasteiger partial charge on any atom is 0.257 e. The minimum absolute atomic E-state index is 0.164. The van der Waals surface area contributed by atoms with Crippen LogP contribution in [-0.2, 0) is 6.54 Å². The molecular weight excluding hydrogens is 364 g/mol. The molecule has 0 unspecified atom stereocenters. The Balaban J connectivity index is 1.53. The highest BCUT2D eigenvalue weighted by atomic mass is 16.5. The summed E-state index contributed by atoms with van der Waals surface area (Å²) in [6.45, 7) is 6.62. The van der Waals surface area contributed by atoms with E-state index in [1.165, 1.54) is 19.3 Å². The van der Waals surface area contributed by atoms with E-state index >= 15 is 0 Å². The molecule has 0 atom stereocenters. The molecule has 0 bridgehead atoms. The third kappa shape index (κ3) is 4.59. The number of rotatable bonds is 7.